The standard InChI is InChI=1S/C20H32IN3O3S/c1-7-27-17(25)11-20(23-28(26)19(4,5)6)9-13-14(10-20)18(13)15-8-16(21)22-24(15)12(2)3/h8,12-14,18,23H,7,9-11H2,1-6H3/t13-,14+,18?,20?,28?. The van der Waals surface area contributed by atoms with Gasteiger partial charge in [0.25, 0.3) is 0 Å². The molecule has 0 amide bonds. The van der Waals surface area contributed by atoms with Gasteiger partial charge < -0.3 is 4.74 Å². The number of hydrogen-bond donors (Lipinski definition) is 1. The number of aromatic nitrogens is 2. The summed E-state index contributed by atoms with van der Waals surface area (Å²) >= 11 is 2.28. The van der Waals surface area contributed by atoms with Crippen molar-refractivity contribution < 1.29 is 13.7 Å². The largest absolute Gasteiger partial charge is 0.466 e. The van der Waals surface area contributed by atoms with Crippen molar-refractivity contribution in [1.29, 1.82) is 0 Å². The highest BCUT2D eigenvalue weighted by atomic mass is 127. The summed E-state index contributed by atoms with van der Waals surface area (Å²) < 4.78 is 24.2. The Balaban J connectivity index is 1.78. The Bertz CT molecular complexity index is 759. The van der Waals surface area contributed by atoms with Gasteiger partial charge in [-0.05, 0) is 94.9 Å². The third kappa shape index (κ3) is 4.48. The monoisotopic (exact) mass is 521 g/mol. The molecule has 1 N–H and O–H groups in total. The fourth-order valence-corrected chi connectivity index (χ4v) is 6.06. The maximum Gasteiger partial charge on any atom is 0.307 e. The lowest BCUT2D eigenvalue weighted by molar-refractivity contribution is -0.144. The molecule has 2 aliphatic carbocycles. The molecule has 0 aromatic carbocycles. The first-order valence-electron chi connectivity index (χ1n) is 10.1. The second-order valence-electron chi connectivity index (χ2n) is 9.44. The SMILES string of the molecule is CCOC(=O)CC1(NS(=O)C(C)(C)C)C[C@@H]2C(c3cc(I)nn3C(C)C)[C@@H]2C1. The van der Waals surface area contributed by atoms with Crippen LogP contribution in [-0.2, 0) is 20.5 Å². The molecule has 1 aromatic heterocycles. The zero-order valence-corrected chi connectivity index (χ0v) is 20.6. The van der Waals surface area contributed by atoms with Crippen molar-refractivity contribution in [2.75, 3.05) is 6.61 Å². The van der Waals surface area contributed by atoms with E-state index in [1.165, 1.54) is 5.69 Å². The Morgan fingerprint density at radius 1 is 1.43 bits per heavy atom. The van der Waals surface area contributed by atoms with Crippen molar-refractivity contribution in [2.24, 2.45) is 11.8 Å². The second-order valence-corrected chi connectivity index (χ2v) is 12.5. The molecule has 5 atom stereocenters. The number of esters is 1. The minimum absolute atomic E-state index is 0.208. The van der Waals surface area contributed by atoms with E-state index in [0.29, 0.717) is 30.4 Å². The average molecular weight is 521 g/mol. The zero-order chi connectivity index (χ0) is 20.9. The molecule has 0 radical (unpaired) electrons. The van der Waals surface area contributed by atoms with E-state index in [2.05, 4.69) is 57.0 Å². The van der Waals surface area contributed by atoms with Crippen LogP contribution in [0.5, 0.6) is 0 Å². The maximum absolute atomic E-state index is 12.8. The molecule has 3 unspecified atom stereocenters. The predicted molar refractivity (Wildman–Crippen MR) is 119 cm³/mol. The van der Waals surface area contributed by atoms with Crippen molar-refractivity contribution in [3.05, 3.63) is 15.5 Å². The summed E-state index contributed by atoms with van der Waals surface area (Å²) in [6.45, 7) is 12.4. The number of fused-ring (bicyclic) bond motifs is 1. The number of hydrogen-bond acceptors (Lipinski definition) is 4. The number of nitrogens with one attached hydrogen (secondary N) is 1. The smallest absolute Gasteiger partial charge is 0.307 e. The number of nitrogens with zero attached hydrogens (tertiary/aromatic N) is 2. The highest BCUT2D eigenvalue weighted by molar-refractivity contribution is 14.1. The lowest BCUT2D eigenvalue weighted by Crippen LogP contribution is -2.51. The molecule has 2 fully saturated rings. The van der Waals surface area contributed by atoms with E-state index in [1.54, 1.807) is 0 Å². The minimum atomic E-state index is -1.22. The molecule has 1 heterocycles. The van der Waals surface area contributed by atoms with Crippen LogP contribution in [0.15, 0.2) is 6.07 Å². The van der Waals surface area contributed by atoms with Crippen LogP contribution >= 0.6 is 22.6 Å². The molecular weight excluding hydrogens is 489 g/mol. The number of ether oxygens (including phenoxy) is 1. The molecule has 3 rings (SSSR count). The quantitative estimate of drug-likeness (QED) is 0.436. The number of halogens is 1. The van der Waals surface area contributed by atoms with E-state index in [1.807, 2.05) is 27.7 Å². The van der Waals surface area contributed by atoms with E-state index in [9.17, 15) is 9.00 Å². The number of rotatable bonds is 7. The van der Waals surface area contributed by atoms with Crippen LogP contribution in [0, 0.1) is 15.5 Å². The third-order valence-electron chi connectivity index (χ3n) is 5.80. The lowest BCUT2D eigenvalue weighted by Gasteiger charge is -2.34. The first-order valence-corrected chi connectivity index (χ1v) is 12.3. The van der Waals surface area contributed by atoms with Gasteiger partial charge in [-0.3, -0.25) is 9.48 Å². The number of carbonyl (C=O) groups excluding carboxylic acids is 1. The molecular formula is C20H32IN3O3S. The molecule has 0 bridgehead atoms. The van der Waals surface area contributed by atoms with Gasteiger partial charge in [0.1, 0.15) is 3.70 Å². The van der Waals surface area contributed by atoms with E-state index in [-0.39, 0.29) is 17.1 Å². The van der Waals surface area contributed by atoms with E-state index < -0.39 is 16.5 Å². The highest BCUT2D eigenvalue weighted by Crippen LogP contribution is 2.66. The van der Waals surface area contributed by atoms with Gasteiger partial charge >= 0.3 is 5.97 Å². The van der Waals surface area contributed by atoms with Crippen molar-refractivity contribution in [3.8, 4) is 0 Å². The van der Waals surface area contributed by atoms with Crippen LogP contribution in [0.4, 0.5) is 0 Å². The average Bonchev–Trinajstić information content (AvgIpc) is 2.89. The summed E-state index contributed by atoms with van der Waals surface area (Å²) in [5.41, 5.74) is 0.863. The molecule has 6 nitrogen and oxygen atoms in total. The zero-order valence-electron chi connectivity index (χ0n) is 17.6. The normalized spacial score (nSPS) is 30.4. The molecule has 0 saturated heterocycles. The topological polar surface area (TPSA) is 73.2 Å². The Morgan fingerprint density at radius 3 is 2.54 bits per heavy atom. The summed E-state index contributed by atoms with van der Waals surface area (Å²) in [6.07, 6.45) is 1.98. The van der Waals surface area contributed by atoms with Crippen LogP contribution in [0.3, 0.4) is 0 Å². The first kappa shape index (κ1) is 22.2. The van der Waals surface area contributed by atoms with Gasteiger partial charge in [0.15, 0.2) is 0 Å². The van der Waals surface area contributed by atoms with Gasteiger partial charge in [0, 0.05) is 23.2 Å². The van der Waals surface area contributed by atoms with E-state index in [0.717, 1.165) is 16.5 Å². The molecule has 158 valence electrons. The van der Waals surface area contributed by atoms with Gasteiger partial charge in [0.05, 0.1) is 28.8 Å². The summed E-state index contributed by atoms with van der Waals surface area (Å²) in [6, 6.07) is 2.52. The maximum atomic E-state index is 12.8. The van der Waals surface area contributed by atoms with Crippen LogP contribution in [0.25, 0.3) is 0 Å². The summed E-state index contributed by atoms with van der Waals surface area (Å²) in [5.74, 6) is 1.28. The summed E-state index contributed by atoms with van der Waals surface area (Å²) in [5, 5.41) is 4.65. The van der Waals surface area contributed by atoms with Crippen molar-refractivity contribution in [1.82, 2.24) is 14.5 Å². The van der Waals surface area contributed by atoms with Gasteiger partial charge in [-0.2, -0.15) is 5.10 Å². The first-order chi connectivity index (χ1) is 13.0. The molecule has 0 aliphatic heterocycles. The minimum Gasteiger partial charge on any atom is -0.466 e. The molecule has 1 aromatic rings. The molecule has 2 aliphatic rings. The van der Waals surface area contributed by atoms with E-state index in [4.69, 9.17) is 4.74 Å². The lowest BCUT2D eigenvalue weighted by atomic mass is 9.88. The number of carbonyl (C=O) groups is 1. The Morgan fingerprint density at radius 2 is 2.04 bits per heavy atom. The van der Waals surface area contributed by atoms with Crippen molar-refractivity contribution in [3.63, 3.8) is 0 Å². The molecule has 0 spiro atoms. The highest BCUT2D eigenvalue weighted by Gasteiger charge is 2.63. The fraction of sp³-hybridized carbons (Fsp3) is 0.800. The van der Waals surface area contributed by atoms with Gasteiger partial charge in [-0.25, -0.2) is 8.93 Å². The second kappa shape index (κ2) is 7.98. The Hall–Kier alpha value is -0.480. The Labute approximate surface area is 184 Å². The summed E-state index contributed by atoms with van der Waals surface area (Å²) in [7, 11) is -1.22. The van der Waals surface area contributed by atoms with Gasteiger partial charge in [-0.15, -0.1) is 0 Å². The van der Waals surface area contributed by atoms with Crippen molar-refractivity contribution in [2.45, 2.75) is 83.1 Å². The van der Waals surface area contributed by atoms with Crippen molar-refractivity contribution >= 4 is 39.5 Å². The van der Waals surface area contributed by atoms with E-state index >= 15 is 0 Å². The Kier molecular flexibility index (Phi) is 6.33. The van der Waals surface area contributed by atoms with Crippen LogP contribution in [-0.4, -0.2) is 36.9 Å². The van der Waals surface area contributed by atoms with Crippen LogP contribution in [0.2, 0.25) is 0 Å². The van der Waals surface area contributed by atoms with Crippen LogP contribution in [0.1, 0.15) is 78.5 Å². The summed E-state index contributed by atoms with van der Waals surface area (Å²) in [4.78, 5) is 12.3. The molecule has 8 heteroatoms. The molecule has 28 heavy (non-hydrogen) atoms. The van der Waals surface area contributed by atoms with Gasteiger partial charge in [0.2, 0.25) is 0 Å². The third-order valence-corrected chi connectivity index (χ3v) is 8.06. The van der Waals surface area contributed by atoms with Crippen LogP contribution < -0.4 is 4.72 Å². The fourth-order valence-electron chi connectivity index (χ4n) is 4.57. The molecule has 2 saturated carbocycles. The van der Waals surface area contributed by atoms with Gasteiger partial charge in [-0.1, -0.05) is 0 Å². The predicted octanol–water partition coefficient (Wildman–Crippen LogP) is 3.94.